The van der Waals surface area contributed by atoms with Crippen LogP contribution < -0.4 is 5.32 Å². The quantitative estimate of drug-likeness (QED) is 0.799. The summed E-state index contributed by atoms with van der Waals surface area (Å²) in [4.78, 5) is 0. The lowest BCUT2D eigenvalue weighted by atomic mass is 9.95. The molecule has 0 aliphatic heterocycles. The average Bonchev–Trinajstić information content (AvgIpc) is 2.30. The van der Waals surface area contributed by atoms with Crippen molar-refractivity contribution >= 4 is 0 Å². The summed E-state index contributed by atoms with van der Waals surface area (Å²) < 4.78 is 0. The lowest BCUT2D eigenvalue weighted by molar-refractivity contribution is 0.326. The lowest BCUT2D eigenvalue weighted by Gasteiger charge is -2.28. The topological polar surface area (TPSA) is 32.3 Å². The Morgan fingerprint density at radius 2 is 1.88 bits per heavy atom. The fourth-order valence-corrected chi connectivity index (χ4v) is 1.66. The van der Waals surface area contributed by atoms with Crippen molar-refractivity contribution in [3.63, 3.8) is 0 Å². The van der Waals surface area contributed by atoms with Crippen LogP contribution in [0.4, 0.5) is 0 Å². The molecule has 0 saturated carbocycles. The first-order valence-electron chi connectivity index (χ1n) is 6.04. The van der Waals surface area contributed by atoms with E-state index in [1.165, 1.54) is 5.56 Å². The van der Waals surface area contributed by atoms with Crippen LogP contribution in [-0.2, 0) is 6.54 Å². The van der Waals surface area contributed by atoms with Gasteiger partial charge in [0.25, 0.3) is 0 Å². The smallest absolute Gasteiger partial charge is 0.120 e. The molecule has 1 rings (SSSR count). The number of rotatable bonds is 5. The maximum Gasteiger partial charge on any atom is 0.120 e. The highest BCUT2D eigenvalue weighted by Gasteiger charge is 2.18. The van der Waals surface area contributed by atoms with Gasteiger partial charge in [-0.25, -0.2) is 0 Å². The van der Waals surface area contributed by atoms with E-state index in [-0.39, 0.29) is 5.54 Å². The lowest BCUT2D eigenvalue weighted by Crippen LogP contribution is -2.40. The van der Waals surface area contributed by atoms with E-state index in [2.05, 4.69) is 26.1 Å². The molecule has 0 radical (unpaired) electrons. The van der Waals surface area contributed by atoms with Gasteiger partial charge in [0.05, 0.1) is 0 Å². The molecule has 2 heteroatoms. The van der Waals surface area contributed by atoms with Crippen molar-refractivity contribution in [2.75, 3.05) is 0 Å². The van der Waals surface area contributed by atoms with Crippen molar-refractivity contribution in [1.29, 1.82) is 0 Å². The van der Waals surface area contributed by atoms with Gasteiger partial charge in [-0.3, -0.25) is 0 Å². The summed E-state index contributed by atoms with van der Waals surface area (Å²) in [6.45, 7) is 9.37. The SMILES string of the molecule is CCC(C)(CC)NCc1cc(C)ccc1O. The number of phenolic OH excluding ortho intramolecular Hbond substituents is 1. The van der Waals surface area contributed by atoms with E-state index in [4.69, 9.17) is 0 Å². The molecule has 1 aromatic rings. The second-order valence-corrected chi connectivity index (χ2v) is 4.75. The van der Waals surface area contributed by atoms with Crippen molar-refractivity contribution in [3.8, 4) is 5.75 Å². The molecule has 2 nitrogen and oxygen atoms in total. The monoisotopic (exact) mass is 221 g/mol. The predicted octanol–water partition coefficient (Wildman–Crippen LogP) is 3.37. The summed E-state index contributed by atoms with van der Waals surface area (Å²) in [5, 5.41) is 13.3. The molecule has 0 aliphatic carbocycles. The molecule has 0 saturated heterocycles. The minimum Gasteiger partial charge on any atom is -0.508 e. The van der Waals surface area contributed by atoms with Crippen molar-refractivity contribution < 1.29 is 5.11 Å². The van der Waals surface area contributed by atoms with Gasteiger partial charge in [0.2, 0.25) is 0 Å². The third kappa shape index (κ3) is 3.24. The fraction of sp³-hybridized carbons (Fsp3) is 0.571. The zero-order chi connectivity index (χ0) is 12.2. The third-order valence-electron chi connectivity index (χ3n) is 3.50. The summed E-state index contributed by atoms with van der Waals surface area (Å²) in [7, 11) is 0. The van der Waals surface area contributed by atoms with Gasteiger partial charge in [-0.1, -0.05) is 31.5 Å². The van der Waals surface area contributed by atoms with Gasteiger partial charge in [-0.2, -0.15) is 0 Å². The van der Waals surface area contributed by atoms with Crippen LogP contribution in [0.25, 0.3) is 0 Å². The average molecular weight is 221 g/mol. The molecular formula is C14H23NO. The van der Waals surface area contributed by atoms with E-state index in [1.807, 2.05) is 19.1 Å². The van der Waals surface area contributed by atoms with Crippen LogP contribution in [0.1, 0.15) is 44.7 Å². The van der Waals surface area contributed by atoms with Crippen LogP contribution in [-0.4, -0.2) is 10.6 Å². The van der Waals surface area contributed by atoms with Crippen LogP contribution in [0.5, 0.6) is 5.75 Å². The van der Waals surface area contributed by atoms with E-state index in [0.717, 1.165) is 24.9 Å². The number of nitrogens with one attached hydrogen (secondary N) is 1. The van der Waals surface area contributed by atoms with Gasteiger partial charge < -0.3 is 10.4 Å². The molecule has 2 N–H and O–H groups in total. The van der Waals surface area contributed by atoms with Gasteiger partial charge in [-0.15, -0.1) is 0 Å². The third-order valence-corrected chi connectivity index (χ3v) is 3.50. The van der Waals surface area contributed by atoms with E-state index < -0.39 is 0 Å². The standard InChI is InChI=1S/C14H23NO/c1-5-14(4,6-2)15-10-12-9-11(3)7-8-13(12)16/h7-9,15-16H,5-6,10H2,1-4H3. The van der Waals surface area contributed by atoms with E-state index in [9.17, 15) is 5.11 Å². The minimum absolute atomic E-state index is 0.163. The van der Waals surface area contributed by atoms with Crippen molar-refractivity contribution in [2.24, 2.45) is 0 Å². The first-order chi connectivity index (χ1) is 7.50. The highest BCUT2D eigenvalue weighted by molar-refractivity contribution is 5.35. The number of phenols is 1. The second kappa shape index (κ2) is 5.35. The Bertz CT molecular complexity index is 343. The van der Waals surface area contributed by atoms with E-state index in [0.29, 0.717) is 5.75 Å². The highest BCUT2D eigenvalue weighted by Crippen LogP contribution is 2.20. The zero-order valence-electron chi connectivity index (χ0n) is 10.8. The summed E-state index contributed by atoms with van der Waals surface area (Å²) in [5.74, 6) is 0.382. The summed E-state index contributed by atoms with van der Waals surface area (Å²) in [5.41, 5.74) is 2.33. The second-order valence-electron chi connectivity index (χ2n) is 4.75. The maximum atomic E-state index is 9.74. The maximum absolute atomic E-state index is 9.74. The van der Waals surface area contributed by atoms with E-state index >= 15 is 0 Å². The fourth-order valence-electron chi connectivity index (χ4n) is 1.66. The van der Waals surface area contributed by atoms with Gasteiger partial charge >= 0.3 is 0 Å². The van der Waals surface area contributed by atoms with E-state index in [1.54, 1.807) is 6.07 Å². The molecule has 16 heavy (non-hydrogen) atoms. The highest BCUT2D eigenvalue weighted by atomic mass is 16.3. The van der Waals surface area contributed by atoms with Crippen molar-refractivity contribution in [1.82, 2.24) is 5.32 Å². The predicted molar refractivity (Wildman–Crippen MR) is 68.7 cm³/mol. The number of aryl methyl sites for hydroxylation is 1. The molecule has 0 aliphatic rings. The number of benzene rings is 1. The van der Waals surface area contributed by atoms with Crippen LogP contribution in [0.15, 0.2) is 18.2 Å². The van der Waals surface area contributed by atoms with Crippen LogP contribution >= 0.6 is 0 Å². The zero-order valence-corrected chi connectivity index (χ0v) is 10.8. The Labute approximate surface area is 98.7 Å². The molecule has 0 bridgehead atoms. The van der Waals surface area contributed by atoms with Crippen LogP contribution in [0.3, 0.4) is 0 Å². The van der Waals surface area contributed by atoms with Gasteiger partial charge in [-0.05, 0) is 32.8 Å². The Morgan fingerprint density at radius 1 is 1.25 bits per heavy atom. The van der Waals surface area contributed by atoms with Crippen LogP contribution in [0.2, 0.25) is 0 Å². The van der Waals surface area contributed by atoms with Gasteiger partial charge in [0.1, 0.15) is 5.75 Å². The first-order valence-corrected chi connectivity index (χ1v) is 6.04. The minimum atomic E-state index is 0.163. The summed E-state index contributed by atoms with van der Waals surface area (Å²) in [6, 6.07) is 5.73. The Balaban J connectivity index is 2.70. The molecule has 0 amide bonds. The normalized spacial score (nSPS) is 11.8. The summed E-state index contributed by atoms with van der Waals surface area (Å²) in [6.07, 6.45) is 2.19. The molecule has 0 fully saturated rings. The number of aromatic hydroxyl groups is 1. The Morgan fingerprint density at radius 3 is 2.44 bits per heavy atom. The Kier molecular flexibility index (Phi) is 4.36. The van der Waals surface area contributed by atoms with Crippen LogP contribution in [0, 0.1) is 6.92 Å². The molecular weight excluding hydrogens is 198 g/mol. The first kappa shape index (κ1) is 13.0. The van der Waals surface area contributed by atoms with Gasteiger partial charge in [0, 0.05) is 17.6 Å². The molecule has 0 spiro atoms. The molecule has 1 aromatic carbocycles. The molecule has 0 unspecified atom stereocenters. The number of hydrogen-bond acceptors (Lipinski definition) is 2. The molecule has 0 atom stereocenters. The number of hydrogen-bond donors (Lipinski definition) is 2. The van der Waals surface area contributed by atoms with Crippen molar-refractivity contribution in [2.45, 2.75) is 52.6 Å². The largest absolute Gasteiger partial charge is 0.508 e. The molecule has 0 aromatic heterocycles. The van der Waals surface area contributed by atoms with Crippen molar-refractivity contribution in [3.05, 3.63) is 29.3 Å². The molecule has 90 valence electrons. The van der Waals surface area contributed by atoms with Gasteiger partial charge in [0.15, 0.2) is 0 Å². The summed E-state index contributed by atoms with van der Waals surface area (Å²) >= 11 is 0. The Hall–Kier alpha value is -1.02. The molecule has 0 heterocycles.